The van der Waals surface area contributed by atoms with Crippen LogP contribution >= 0.6 is 22.9 Å². The number of aryl methyl sites for hydroxylation is 1. The summed E-state index contributed by atoms with van der Waals surface area (Å²) >= 11 is 7.77. The lowest BCUT2D eigenvalue weighted by atomic mass is 10.1. The summed E-state index contributed by atoms with van der Waals surface area (Å²) in [6, 6.07) is 16.9. The fraction of sp³-hybridized carbons (Fsp3) is 0.100. The van der Waals surface area contributed by atoms with Crippen LogP contribution in [0.1, 0.15) is 16.1 Å². The maximum atomic E-state index is 12.0. The largest absolute Gasteiger partial charge is 0.464 e. The number of hydrogen-bond donors (Lipinski definition) is 0. The van der Waals surface area contributed by atoms with Gasteiger partial charge in [0.05, 0.1) is 17.8 Å². The quantitative estimate of drug-likeness (QED) is 0.452. The predicted octanol–water partition coefficient (Wildman–Crippen LogP) is 4.81. The molecule has 6 nitrogen and oxygen atoms in total. The average molecular weight is 411 g/mol. The molecule has 0 aliphatic rings. The Morgan fingerprint density at radius 3 is 2.61 bits per heavy atom. The lowest BCUT2D eigenvalue weighted by molar-refractivity contribution is 0.0593. The summed E-state index contributed by atoms with van der Waals surface area (Å²) in [5.74, 6) is -0.532. The van der Waals surface area contributed by atoms with Gasteiger partial charge in [0.1, 0.15) is 10.7 Å². The molecular formula is C20H15ClN4O2S. The molecule has 0 N–H and O–H groups in total. The van der Waals surface area contributed by atoms with Gasteiger partial charge in [-0.05, 0) is 25.1 Å². The van der Waals surface area contributed by atoms with E-state index in [-0.39, 0.29) is 5.69 Å². The number of rotatable bonds is 4. The van der Waals surface area contributed by atoms with Crippen LogP contribution < -0.4 is 0 Å². The molecule has 0 unspecified atom stereocenters. The van der Waals surface area contributed by atoms with E-state index in [0.717, 1.165) is 16.1 Å². The number of halogens is 1. The number of aromatic nitrogens is 4. The second kappa shape index (κ2) is 7.53. The minimum absolute atomic E-state index is 0.171. The molecule has 2 heterocycles. The van der Waals surface area contributed by atoms with E-state index in [2.05, 4.69) is 21.4 Å². The first-order valence-corrected chi connectivity index (χ1v) is 9.60. The smallest absolute Gasteiger partial charge is 0.358 e. The molecule has 140 valence electrons. The first-order valence-electron chi connectivity index (χ1n) is 8.41. The molecule has 0 saturated carbocycles. The molecule has 0 aliphatic carbocycles. The van der Waals surface area contributed by atoms with Crippen molar-refractivity contribution in [3.8, 4) is 27.0 Å². The number of hydrogen-bond acceptors (Lipinski definition) is 6. The van der Waals surface area contributed by atoms with Crippen LogP contribution in [-0.2, 0) is 4.74 Å². The van der Waals surface area contributed by atoms with Gasteiger partial charge in [-0.25, -0.2) is 9.48 Å². The zero-order valence-electron chi connectivity index (χ0n) is 15.1. The van der Waals surface area contributed by atoms with E-state index in [1.807, 2.05) is 43.3 Å². The van der Waals surface area contributed by atoms with Gasteiger partial charge in [0.2, 0.25) is 0 Å². The van der Waals surface area contributed by atoms with Crippen LogP contribution in [0.4, 0.5) is 0 Å². The van der Waals surface area contributed by atoms with E-state index in [4.69, 9.17) is 16.3 Å². The highest BCUT2D eigenvalue weighted by Crippen LogP contribution is 2.33. The SMILES string of the molecule is COC(=O)c1cc(-c2nnc(-c3cccc(C)c3)s2)n(-c2ccccc2Cl)n1. The Hall–Kier alpha value is -3.03. The Labute approximate surface area is 170 Å². The Kier molecular flexibility index (Phi) is 4.93. The summed E-state index contributed by atoms with van der Waals surface area (Å²) < 4.78 is 6.41. The minimum atomic E-state index is -0.532. The summed E-state index contributed by atoms with van der Waals surface area (Å²) in [6.45, 7) is 2.03. The van der Waals surface area contributed by atoms with Crippen molar-refractivity contribution in [3.05, 3.63) is 70.9 Å². The van der Waals surface area contributed by atoms with Crippen molar-refractivity contribution in [3.63, 3.8) is 0 Å². The number of para-hydroxylation sites is 1. The van der Waals surface area contributed by atoms with Gasteiger partial charge >= 0.3 is 5.97 Å². The molecule has 0 spiro atoms. The van der Waals surface area contributed by atoms with E-state index < -0.39 is 5.97 Å². The van der Waals surface area contributed by atoms with Crippen molar-refractivity contribution in [1.82, 2.24) is 20.0 Å². The van der Waals surface area contributed by atoms with E-state index in [1.165, 1.54) is 18.4 Å². The molecule has 0 amide bonds. The third-order valence-electron chi connectivity index (χ3n) is 4.09. The molecule has 8 heteroatoms. The van der Waals surface area contributed by atoms with E-state index in [9.17, 15) is 4.79 Å². The lowest BCUT2D eigenvalue weighted by Gasteiger charge is -2.06. The number of nitrogens with zero attached hydrogens (tertiary/aromatic N) is 4. The third-order valence-corrected chi connectivity index (χ3v) is 5.41. The molecule has 0 saturated heterocycles. The first-order chi connectivity index (χ1) is 13.6. The van der Waals surface area contributed by atoms with Crippen LogP contribution in [-0.4, -0.2) is 33.1 Å². The zero-order valence-corrected chi connectivity index (χ0v) is 16.7. The normalized spacial score (nSPS) is 10.8. The van der Waals surface area contributed by atoms with Gasteiger partial charge in [-0.1, -0.05) is 58.8 Å². The van der Waals surface area contributed by atoms with Gasteiger partial charge in [0.15, 0.2) is 10.7 Å². The highest BCUT2D eigenvalue weighted by atomic mass is 35.5. The number of ether oxygens (including phenoxy) is 1. The molecule has 0 atom stereocenters. The van der Waals surface area contributed by atoms with E-state index >= 15 is 0 Å². The number of benzene rings is 2. The highest BCUT2D eigenvalue weighted by Gasteiger charge is 2.21. The second-order valence-corrected chi connectivity index (χ2v) is 7.44. The molecule has 0 radical (unpaired) electrons. The molecule has 4 rings (SSSR count). The van der Waals surface area contributed by atoms with Gasteiger partial charge in [-0.3, -0.25) is 0 Å². The van der Waals surface area contributed by atoms with Crippen molar-refractivity contribution in [1.29, 1.82) is 0 Å². The monoisotopic (exact) mass is 410 g/mol. The summed E-state index contributed by atoms with van der Waals surface area (Å²) in [7, 11) is 1.32. The fourth-order valence-electron chi connectivity index (χ4n) is 2.77. The Bertz CT molecular complexity index is 1170. The molecule has 2 aromatic carbocycles. The van der Waals surface area contributed by atoms with Crippen LogP contribution in [0.15, 0.2) is 54.6 Å². The highest BCUT2D eigenvalue weighted by molar-refractivity contribution is 7.17. The molecule has 28 heavy (non-hydrogen) atoms. The lowest BCUT2D eigenvalue weighted by Crippen LogP contribution is -2.04. The predicted molar refractivity (Wildman–Crippen MR) is 109 cm³/mol. The fourth-order valence-corrected chi connectivity index (χ4v) is 3.82. The summed E-state index contributed by atoms with van der Waals surface area (Å²) in [5.41, 5.74) is 3.56. The first kappa shape index (κ1) is 18.3. The standard InChI is InChI=1S/C20H15ClN4O2S/c1-12-6-5-7-13(10-12)18-22-23-19(28-18)17-11-15(20(26)27-2)24-25(17)16-9-4-3-8-14(16)21/h3-11H,1-2H3. The average Bonchev–Trinajstić information content (AvgIpc) is 3.35. The molecule has 2 aromatic heterocycles. The molecule has 4 aromatic rings. The van der Waals surface area contributed by atoms with Crippen LogP contribution in [0.25, 0.3) is 27.0 Å². The maximum absolute atomic E-state index is 12.0. The van der Waals surface area contributed by atoms with E-state index in [1.54, 1.807) is 16.8 Å². The van der Waals surface area contributed by atoms with Gasteiger partial charge in [0, 0.05) is 11.6 Å². The van der Waals surface area contributed by atoms with Crippen molar-refractivity contribution in [2.45, 2.75) is 6.92 Å². The van der Waals surface area contributed by atoms with Crippen LogP contribution in [0.2, 0.25) is 5.02 Å². The number of methoxy groups -OCH3 is 1. The second-order valence-electron chi connectivity index (χ2n) is 6.05. The van der Waals surface area contributed by atoms with Crippen LogP contribution in [0.5, 0.6) is 0 Å². The molecule has 0 fully saturated rings. The van der Waals surface area contributed by atoms with Gasteiger partial charge in [-0.15, -0.1) is 10.2 Å². The number of carbonyl (C=O) groups excluding carboxylic acids is 1. The number of carbonyl (C=O) groups is 1. The summed E-state index contributed by atoms with van der Waals surface area (Å²) in [4.78, 5) is 12.0. The minimum Gasteiger partial charge on any atom is -0.464 e. The van der Waals surface area contributed by atoms with Crippen molar-refractivity contribution >= 4 is 28.9 Å². The molecule has 0 aliphatic heterocycles. The Morgan fingerprint density at radius 1 is 1.07 bits per heavy atom. The summed E-state index contributed by atoms with van der Waals surface area (Å²) in [6.07, 6.45) is 0. The van der Waals surface area contributed by atoms with Crippen molar-refractivity contribution in [2.24, 2.45) is 0 Å². The topological polar surface area (TPSA) is 69.9 Å². The Morgan fingerprint density at radius 2 is 1.86 bits per heavy atom. The van der Waals surface area contributed by atoms with Crippen LogP contribution in [0.3, 0.4) is 0 Å². The van der Waals surface area contributed by atoms with E-state index in [0.29, 0.717) is 21.4 Å². The molecule has 0 bridgehead atoms. The Balaban J connectivity index is 1.84. The third kappa shape index (κ3) is 3.42. The maximum Gasteiger partial charge on any atom is 0.358 e. The zero-order chi connectivity index (χ0) is 19.7. The van der Waals surface area contributed by atoms with Crippen molar-refractivity contribution in [2.75, 3.05) is 7.11 Å². The van der Waals surface area contributed by atoms with Crippen molar-refractivity contribution < 1.29 is 9.53 Å². The van der Waals surface area contributed by atoms with Crippen LogP contribution in [0, 0.1) is 6.92 Å². The number of esters is 1. The van der Waals surface area contributed by atoms with Gasteiger partial charge in [0.25, 0.3) is 0 Å². The molecular weight excluding hydrogens is 396 g/mol. The summed E-state index contributed by atoms with van der Waals surface area (Å²) in [5, 5.41) is 14.9. The van der Waals surface area contributed by atoms with Gasteiger partial charge in [-0.2, -0.15) is 5.10 Å². The van der Waals surface area contributed by atoms with Gasteiger partial charge < -0.3 is 4.74 Å².